The van der Waals surface area contributed by atoms with Crippen molar-refractivity contribution in [3.63, 3.8) is 0 Å². The van der Waals surface area contributed by atoms with Crippen LogP contribution in [0.2, 0.25) is 0 Å². The van der Waals surface area contributed by atoms with Gasteiger partial charge in [0.1, 0.15) is 5.60 Å². The molecule has 8 heteroatoms. The molecule has 23 heavy (non-hydrogen) atoms. The zero-order chi connectivity index (χ0) is 17.2. The van der Waals surface area contributed by atoms with Crippen molar-refractivity contribution in [3.8, 4) is 0 Å². The van der Waals surface area contributed by atoms with E-state index in [1.807, 2.05) is 4.90 Å². The molecule has 1 N–H and O–H groups in total. The van der Waals surface area contributed by atoms with Crippen LogP contribution < -0.4 is 10.2 Å². The summed E-state index contributed by atoms with van der Waals surface area (Å²) in [7, 11) is 0. The molecule has 1 atom stereocenters. The van der Waals surface area contributed by atoms with Crippen LogP contribution in [0.5, 0.6) is 0 Å². The number of halogens is 1. The summed E-state index contributed by atoms with van der Waals surface area (Å²) in [5, 5.41) is 13.4. The van der Waals surface area contributed by atoms with Gasteiger partial charge in [-0.15, -0.1) is 0 Å². The fraction of sp³-hybridized carbons (Fsp3) is 0.533. The summed E-state index contributed by atoms with van der Waals surface area (Å²) in [5.74, 6) is -0.865. The topological polar surface area (TPSA) is 84.7 Å². The number of nitro groups is 1. The highest BCUT2D eigenvalue weighted by Gasteiger charge is 2.27. The number of ether oxygens (including phenoxy) is 1. The predicted molar refractivity (Wildman–Crippen MR) is 83.0 cm³/mol. The molecule has 0 saturated carbocycles. The number of hydrogen-bond acceptors (Lipinski definition) is 5. The Bertz CT molecular complexity index is 615. The number of nitro benzene ring substituents is 1. The lowest BCUT2D eigenvalue weighted by atomic mass is 10.2. The van der Waals surface area contributed by atoms with Gasteiger partial charge in [0, 0.05) is 30.9 Å². The van der Waals surface area contributed by atoms with E-state index in [0.717, 1.165) is 12.1 Å². The number of hydrogen-bond donors (Lipinski definition) is 1. The number of nitrogens with one attached hydrogen (secondary N) is 1. The quantitative estimate of drug-likeness (QED) is 0.682. The average molecular weight is 325 g/mol. The Labute approximate surface area is 133 Å². The highest BCUT2D eigenvalue weighted by atomic mass is 19.1. The fourth-order valence-electron chi connectivity index (χ4n) is 2.43. The summed E-state index contributed by atoms with van der Waals surface area (Å²) in [6.07, 6.45) is 0.205. The van der Waals surface area contributed by atoms with Crippen molar-refractivity contribution in [2.45, 2.75) is 38.8 Å². The number of alkyl carbamates (subject to hydrolysis) is 1. The molecule has 2 rings (SSSR count). The molecule has 1 unspecified atom stereocenters. The number of amides is 1. The second kappa shape index (κ2) is 6.39. The zero-order valence-electron chi connectivity index (χ0n) is 13.3. The summed E-state index contributed by atoms with van der Waals surface area (Å²) < 4.78 is 18.9. The Hall–Kier alpha value is -2.38. The number of carbonyl (C=O) groups excluding carboxylic acids is 1. The largest absolute Gasteiger partial charge is 0.444 e. The molecule has 0 aromatic heterocycles. The maximum absolute atomic E-state index is 13.7. The molecule has 1 fully saturated rings. The van der Waals surface area contributed by atoms with Gasteiger partial charge >= 0.3 is 11.8 Å². The monoisotopic (exact) mass is 325 g/mol. The minimum absolute atomic E-state index is 0.108. The molecule has 1 aromatic carbocycles. The Balaban J connectivity index is 1.96. The molecular formula is C15H20FN3O4. The second-order valence-corrected chi connectivity index (χ2v) is 6.47. The summed E-state index contributed by atoms with van der Waals surface area (Å²) in [4.78, 5) is 23.5. The molecule has 126 valence electrons. The number of carbonyl (C=O) groups is 1. The summed E-state index contributed by atoms with van der Waals surface area (Å²) in [6, 6.07) is 3.70. The Kier molecular flexibility index (Phi) is 4.72. The summed E-state index contributed by atoms with van der Waals surface area (Å²) >= 11 is 0. The molecule has 7 nitrogen and oxygen atoms in total. The third-order valence-electron chi connectivity index (χ3n) is 3.40. The van der Waals surface area contributed by atoms with Crippen LogP contribution in [-0.4, -0.2) is 35.7 Å². The SMILES string of the molecule is CC(C)(C)OC(=O)NC1CCN(c2ccc([N+](=O)[O-])c(F)c2)C1. The summed E-state index contributed by atoms with van der Waals surface area (Å²) in [6.45, 7) is 6.47. The Morgan fingerprint density at radius 1 is 1.48 bits per heavy atom. The van der Waals surface area contributed by atoms with E-state index in [2.05, 4.69) is 5.32 Å². The molecule has 0 aliphatic carbocycles. The van der Waals surface area contributed by atoms with Crippen molar-refractivity contribution < 1.29 is 18.8 Å². The van der Waals surface area contributed by atoms with Crippen molar-refractivity contribution >= 4 is 17.5 Å². The molecule has 1 amide bonds. The van der Waals surface area contributed by atoms with Crippen LogP contribution in [0, 0.1) is 15.9 Å². The second-order valence-electron chi connectivity index (χ2n) is 6.47. The molecule has 0 bridgehead atoms. The van der Waals surface area contributed by atoms with E-state index in [0.29, 0.717) is 25.2 Å². The van der Waals surface area contributed by atoms with Gasteiger partial charge in [0.05, 0.1) is 11.0 Å². The van der Waals surface area contributed by atoms with Crippen LogP contribution in [-0.2, 0) is 4.74 Å². The zero-order valence-corrected chi connectivity index (χ0v) is 13.3. The number of nitrogens with zero attached hydrogens (tertiary/aromatic N) is 2. The van der Waals surface area contributed by atoms with Crippen LogP contribution in [0.25, 0.3) is 0 Å². The first-order valence-corrected chi connectivity index (χ1v) is 7.34. The van der Waals surface area contributed by atoms with Crippen molar-refractivity contribution in [3.05, 3.63) is 34.1 Å². The van der Waals surface area contributed by atoms with Gasteiger partial charge in [-0.2, -0.15) is 4.39 Å². The van der Waals surface area contributed by atoms with Crippen LogP contribution in [0.4, 0.5) is 20.6 Å². The van der Waals surface area contributed by atoms with Gasteiger partial charge in [-0.3, -0.25) is 10.1 Å². The molecular weight excluding hydrogens is 305 g/mol. The maximum atomic E-state index is 13.7. The van der Waals surface area contributed by atoms with E-state index >= 15 is 0 Å². The normalized spacial score (nSPS) is 17.9. The van der Waals surface area contributed by atoms with E-state index in [4.69, 9.17) is 4.74 Å². The van der Waals surface area contributed by atoms with E-state index in [1.54, 1.807) is 20.8 Å². The van der Waals surface area contributed by atoms with E-state index in [1.165, 1.54) is 6.07 Å². The Morgan fingerprint density at radius 2 is 2.17 bits per heavy atom. The van der Waals surface area contributed by atoms with Crippen LogP contribution in [0.15, 0.2) is 18.2 Å². The van der Waals surface area contributed by atoms with Crippen molar-refractivity contribution in [2.24, 2.45) is 0 Å². The van der Waals surface area contributed by atoms with Gasteiger partial charge in [-0.25, -0.2) is 4.79 Å². The molecule has 1 heterocycles. The number of anilines is 1. The molecule has 1 aromatic rings. The van der Waals surface area contributed by atoms with Gasteiger partial charge in [0.25, 0.3) is 0 Å². The molecule has 1 aliphatic heterocycles. The maximum Gasteiger partial charge on any atom is 0.407 e. The number of rotatable bonds is 3. The fourth-order valence-corrected chi connectivity index (χ4v) is 2.43. The lowest BCUT2D eigenvalue weighted by Crippen LogP contribution is -2.40. The molecule has 1 saturated heterocycles. The minimum Gasteiger partial charge on any atom is -0.444 e. The van der Waals surface area contributed by atoms with Gasteiger partial charge in [-0.1, -0.05) is 0 Å². The van der Waals surface area contributed by atoms with Gasteiger partial charge < -0.3 is 15.0 Å². The lowest BCUT2D eigenvalue weighted by molar-refractivity contribution is -0.387. The minimum atomic E-state index is -0.865. The van der Waals surface area contributed by atoms with E-state index in [-0.39, 0.29) is 6.04 Å². The van der Waals surface area contributed by atoms with Crippen LogP contribution in [0.1, 0.15) is 27.2 Å². The van der Waals surface area contributed by atoms with Crippen molar-refractivity contribution in [1.82, 2.24) is 5.32 Å². The highest BCUT2D eigenvalue weighted by molar-refractivity contribution is 5.68. The van der Waals surface area contributed by atoms with E-state index in [9.17, 15) is 19.3 Å². The molecule has 0 spiro atoms. The summed E-state index contributed by atoms with van der Waals surface area (Å²) in [5.41, 5.74) is -0.554. The van der Waals surface area contributed by atoms with Crippen LogP contribution >= 0.6 is 0 Å². The third kappa shape index (κ3) is 4.54. The molecule has 0 radical (unpaired) electrons. The first-order valence-electron chi connectivity index (χ1n) is 7.34. The average Bonchev–Trinajstić information content (AvgIpc) is 2.84. The van der Waals surface area contributed by atoms with Crippen molar-refractivity contribution in [1.29, 1.82) is 0 Å². The lowest BCUT2D eigenvalue weighted by Gasteiger charge is -2.22. The van der Waals surface area contributed by atoms with E-state index < -0.39 is 28.1 Å². The van der Waals surface area contributed by atoms with Crippen molar-refractivity contribution in [2.75, 3.05) is 18.0 Å². The van der Waals surface area contributed by atoms with Crippen LogP contribution in [0.3, 0.4) is 0 Å². The predicted octanol–water partition coefficient (Wildman–Crippen LogP) is 2.84. The Morgan fingerprint density at radius 3 is 2.74 bits per heavy atom. The smallest absolute Gasteiger partial charge is 0.407 e. The first-order chi connectivity index (χ1) is 10.7. The molecule has 1 aliphatic rings. The third-order valence-corrected chi connectivity index (χ3v) is 3.40. The van der Waals surface area contributed by atoms with Gasteiger partial charge in [0.15, 0.2) is 0 Å². The first kappa shape index (κ1) is 17.0. The van der Waals surface area contributed by atoms with Gasteiger partial charge in [0.2, 0.25) is 5.82 Å². The van der Waals surface area contributed by atoms with Gasteiger partial charge in [-0.05, 0) is 33.3 Å². The standard InChI is InChI=1S/C15H20FN3O4/c1-15(2,3)23-14(20)17-10-6-7-18(9-10)11-4-5-13(19(21)22)12(16)8-11/h4-5,8,10H,6-7,9H2,1-3H3,(H,17,20). The number of benzene rings is 1. The highest BCUT2D eigenvalue weighted by Crippen LogP contribution is 2.26.